The average Bonchev–Trinajstić information content (AvgIpc) is 3.09. The highest BCUT2D eigenvalue weighted by Gasteiger charge is 2.47. The van der Waals surface area contributed by atoms with Crippen molar-refractivity contribution in [3.63, 3.8) is 0 Å². The second kappa shape index (κ2) is 5.94. The van der Waals surface area contributed by atoms with E-state index in [2.05, 4.69) is 9.72 Å². The van der Waals surface area contributed by atoms with Gasteiger partial charge in [0.15, 0.2) is 5.69 Å². The number of carboxylic acid groups (broad SMARTS) is 1. The van der Waals surface area contributed by atoms with Crippen LogP contribution in [0.15, 0.2) is 28.1 Å². The van der Waals surface area contributed by atoms with Crippen LogP contribution in [0.5, 0.6) is 5.75 Å². The summed E-state index contributed by atoms with van der Waals surface area (Å²) in [6.07, 6.45) is -9.38. The van der Waals surface area contributed by atoms with Crippen LogP contribution in [0.1, 0.15) is 26.7 Å². The largest absolute Gasteiger partial charge is 0.478 e. The van der Waals surface area contributed by atoms with E-state index in [0.29, 0.717) is 5.51 Å². The summed E-state index contributed by atoms with van der Waals surface area (Å²) >= 11 is 0.0997. The Hall–Kier alpha value is -2.69. The first-order valence-electron chi connectivity index (χ1n) is 6.85. The number of ether oxygens (including phenoxy) is 1. The van der Waals surface area contributed by atoms with Gasteiger partial charge < -0.3 is 14.3 Å². The highest BCUT2D eigenvalue weighted by molar-refractivity contribution is 7.09. The molecule has 0 aliphatic rings. The molecule has 0 saturated heterocycles. The van der Waals surface area contributed by atoms with Crippen LogP contribution in [0, 0.1) is 6.92 Å². The normalized spacial score (nSPS) is 12.5. The minimum absolute atomic E-state index is 0.0105. The van der Waals surface area contributed by atoms with Gasteiger partial charge in [-0.2, -0.15) is 22.0 Å². The van der Waals surface area contributed by atoms with Gasteiger partial charge in [0.1, 0.15) is 27.5 Å². The minimum atomic E-state index is -5.07. The van der Waals surface area contributed by atoms with Crippen molar-refractivity contribution in [3.8, 4) is 5.75 Å². The first-order valence-corrected chi connectivity index (χ1v) is 7.73. The van der Waals surface area contributed by atoms with Crippen molar-refractivity contribution in [2.45, 2.75) is 19.2 Å². The molecule has 2 aromatic heterocycles. The molecule has 3 rings (SSSR count). The zero-order valence-electron chi connectivity index (χ0n) is 12.7. The molecule has 3 aromatic rings. The summed E-state index contributed by atoms with van der Waals surface area (Å²) in [6, 6.07) is 3.20. The van der Waals surface area contributed by atoms with Crippen molar-refractivity contribution in [1.82, 2.24) is 4.98 Å². The van der Waals surface area contributed by atoms with Crippen LogP contribution >= 0.6 is 11.3 Å². The molecule has 0 aliphatic heterocycles. The predicted molar refractivity (Wildman–Crippen MR) is 79.5 cm³/mol. The van der Waals surface area contributed by atoms with Crippen molar-refractivity contribution in [1.29, 1.82) is 0 Å². The standard InChI is InChI=1S/C15H8F5NO4S/c1-6-10(13(22)23)8-4-7(2-3-9(8)24-6)25-15(19,20)12-11(14(16,17)18)21-5-26-12/h2-5H,1H3,(H,22,23). The van der Waals surface area contributed by atoms with Gasteiger partial charge in [-0.15, -0.1) is 11.3 Å². The Morgan fingerprint density at radius 2 is 1.96 bits per heavy atom. The number of furan rings is 1. The summed E-state index contributed by atoms with van der Waals surface area (Å²) < 4.78 is 76.5. The van der Waals surface area contributed by atoms with Crippen LogP contribution in [0.25, 0.3) is 11.0 Å². The fourth-order valence-electron chi connectivity index (χ4n) is 2.38. The number of carbonyl (C=O) groups is 1. The van der Waals surface area contributed by atoms with E-state index in [1.807, 2.05) is 0 Å². The maximum absolute atomic E-state index is 14.2. The first-order chi connectivity index (χ1) is 12.0. The molecular weight excluding hydrogens is 385 g/mol. The highest BCUT2D eigenvalue weighted by atomic mass is 32.1. The van der Waals surface area contributed by atoms with Gasteiger partial charge in [0.2, 0.25) is 0 Å². The number of hydrogen-bond acceptors (Lipinski definition) is 5. The summed E-state index contributed by atoms with van der Waals surface area (Å²) in [5.74, 6) is -1.81. The van der Waals surface area contributed by atoms with Gasteiger partial charge in [-0.3, -0.25) is 0 Å². The Morgan fingerprint density at radius 1 is 1.27 bits per heavy atom. The molecule has 0 radical (unpaired) electrons. The third-order valence-electron chi connectivity index (χ3n) is 3.40. The SMILES string of the molecule is Cc1oc2ccc(OC(F)(F)c3scnc3C(F)(F)F)cc2c1C(=O)O. The van der Waals surface area contributed by atoms with Gasteiger partial charge in [0.05, 0.1) is 5.51 Å². The number of hydrogen-bond donors (Lipinski definition) is 1. The average molecular weight is 393 g/mol. The van der Waals surface area contributed by atoms with Crippen molar-refractivity contribution in [2.24, 2.45) is 0 Å². The van der Waals surface area contributed by atoms with Crippen LogP contribution < -0.4 is 4.74 Å². The summed E-state index contributed by atoms with van der Waals surface area (Å²) in [4.78, 5) is 12.8. The molecule has 1 aromatic carbocycles. The fourth-order valence-corrected chi connectivity index (χ4v) is 3.10. The maximum Gasteiger partial charge on any atom is 0.438 e. The third-order valence-corrected chi connectivity index (χ3v) is 4.27. The number of aromatic nitrogens is 1. The lowest BCUT2D eigenvalue weighted by atomic mass is 10.1. The molecule has 0 spiro atoms. The van der Waals surface area contributed by atoms with Gasteiger partial charge in [-0.25, -0.2) is 9.78 Å². The van der Waals surface area contributed by atoms with Gasteiger partial charge in [0, 0.05) is 5.39 Å². The lowest BCUT2D eigenvalue weighted by molar-refractivity contribution is -0.192. The predicted octanol–water partition coefficient (Wildman–Crippen LogP) is 5.04. The second-order valence-electron chi connectivity index (χ2n) is 5.14. The number of aromatic carboxylic acids is 1. The number of alkyl halides is 5. The smallest absolute Gasteiger partial charge is 0.438 e. The molecule has 2 heterocycles. The third kappa shape index (κ3) is 3.09. The molecule has 0 bridgehead atoms. The number of fused-ring (bicyclic) bond motifs is 1. The number of halogens is 5. The van der Waals surface area contributed by atoms with E-state index >= 15 is 0 Å². The maximum atomic E-state index is 14.2. The quantitative estimate of drug-likeness (QED) is 0.629. The molecule has 11 heteroatoms. The monoisotopic (exact) mass is 393 g/mol. The van der Waals surface area contributed by atoms with E-state index in [9.17, 15) is 31.9 Å². The molecule has 0 atom stereocenters. The molecule has 0 aliphatic carbocycles. The highest BCUT2D eigenvalue weighted by Crippen LogP contribution is 2.42. The van der Waals surface area contributed by atoms with E-state index in [1.54, 1.807) is 0 Å². The fraction of sp³-hybridized carbons (Fsp3) is 0.200. The number of aryl methyl sites for hydroxylation is 1. The van der Waals surface area contributed by atoms with Crippen LogP contribution in [-0.2, 0) is 12.3 Å². The summed E-state index contributed by atoms with van der Waals surface area (Å²) in [6.45, 7) is 1.38. The van der Waals surface area contributed by atoms with Crippen LogP contribution in [0.2, 0.25) is 0 Å². The van der Waals surface area contributed by atoms with Crippen molar-refractivity contribution < 1.29 is 41.0 Å². The second-order valence-corrected chi connectivity index (χ2v) is 6.00. The summed E-state index contributed by atoms with van der Waals surface area (Å²) in [7, 11) is 0. The Morgan fingerprint density at radius 3 is 2.58 bits per heavy atom. The molecule has 138 valence electrons. The van der Waals surface area contributed by atoms with E-state index in [1.165, 1.54) is 13.0 Å². The van der Waals surface area contributed by atoms with E-state index in [4.69, 9.17) is 4.42 Å². The number of nitrogens with zero attached hydrogens (tertiary/aromatic N) is 1. The van der Waals surface area contributed by atoms with Crippen LogP contribution in [0.4, 0.5) is 22.0 Å². The van der Waals surface area contributed by atoms with E-state index in [0.717, 1.165) is 12.1 Å². The van der Waals surface area contributed by atoms with Crippen LogP contribution in [-0.4, -0.2) is 16.1 Å². The minimum Gasteiger partial charge on any atom is -0.478 e. The van der Waals surface area contributed by atoms with Gasteiger partial charge >= 0.3 is 18.3 Å². The molecule has 0 fully saturated rings. The molecule has 26 heavy (non-hydrogen) atoms. The number of rotatable bonds is 4. The first kappa shape index (κ1) is 18.1. The Balaban J connectivity index is 2.02. The van der Waals surface area contributed by atoms with Gasteiger partial charge in [-0.1, -0.05) is 0 Å². The van der Waals surface area contributed by atoms with E-state index in [-0.39, 0.29) is 33.6 Å². The zero-order valence-corrected chi connectivity index (χ0v) is 13.5. The van der Waals surface area contributed by atoms with Crippen molar-refractivity contribution in [3.05, 3.63) is 45.6 Å². The van der Waals surface area contributed by atoms with Crippen molar-refractivity contribution >= 4 is 28.3 Å². The van der Waals surface area contributed by atoms with Gasteiger partial charge in [-0.05, 0) is 25.1 Å². The lowest BCUT2D eigenvalue weighted by Gasteiger charge is -2.18. The Kier molecular flexibility index (Phi) is 4.14. The molecule has 5 nitrogen and oxygen atoms in total. The molecule has 1 N–H and O–H groups in total. The molecule has 0 amide bonds. The summed E-state index contributed by atoms with van der Waals surface area (Å²) in [5.41, 5.74) is -1.23. The number of benzene rings is 1. The molecular formula is C15H8F5NO4S. The summed E-state index contributed by atoms with van der Waals surface area (Å²) in [5, 5.41) is 9.16. The zero-order chi connectivity index (χ0) is 19.3. The van der Waals surface area contributed by atoms with Crippen LogP contribution in [0.3, 0.4) is 0 Å². The topological polar surface area (TPSA) is 72.6 Å². The van der Waals surface area contributed by atoms with Gasteiger partial charge in [0.25, 0.3) is 0 Å². The lowest BCUT2D eigenvalue weighted by Crippen LogP contribution is -2.24. The molecule has 0 saturated carbocycles. The van der Waals surface area contributed by atoms with E-state index < -0.39 is 34.6 Å². The molecule has 0 unspecified atom stereocenters. The number of thiazole rings is 1. The number of carboxylic acids is 1. The Labute approximate surface area is 145 Å². The van der Waals surface area contributed by atoms with Crippen molar-refractivity contribution in [2.75, 3.05) is 0 Å². The Bertz CT molecular complexity index is 992.